The van der Waals surface area contributed by atoms with Crippen LogP contribution in [0.4, 0.5) is 0 Å². The summed E-state index contributed by atoms with van der Waals surface area (Å²) in [6.45, 7) is 6.34. The predicted octanol–water partition coefficient (Wildman–Crippen LogP) is 2.16. The summed E-state index contributed by atoms with van der Waals surface area (Å²) >= 11 is 0. The molecule has 1 fully saturated rings. The Morgan fingerprint density at radius 1 is 1.29 bits per heavy atom. The molecule has 4 rings (SSSR count). The Hall–Kier alpha value is -2.61. The topological polar surface area (TPSA) is 89.6 Å². The van der Waals surface area contributed by atoms with Crippen molar-refractivity contribution in [2.45, 2.75) is 51.4 Å². The SMILES string of the molecule is CNC(=O)c1cc2n(n1)CC1(CCN(C(=O)c3occc3C(C)C)CC1)OC2. The molecular weight excluding hydrogens is 360 g/mol. The monoisotopic (exact) mass is 386 g/mol. The van der Waals surface area contributed by atoms with Crippen molar-refractivity contribution in [1.82, 2.24) is 20.0 Å². The summed E-state index contributed by atoms with van der Waals surface area (Å²) in [5, 5.41) is 7.02. The molecule has 0 aliphatic carbocycles. The zero-order valence-corrected chi connectivity index (χ0v) is 16.5. The zero-order valence-electron chi connectivity index (χ0n) is 16.5. The maximum Gasteiger partial charge on any atom is 0.289 e. The highest BCUT2D eigenvalue weighted by atomic mass is 16.5. The van der Waals surface area contributed by atoms with Crippen LogP contribution in [0.5, 0.6) is 0 Å². The van der Waals surface area contributed by atoms with Crippen molar-refractivity contribution in [3.8, 4) is 0 Å². The maximum atomic E-state index is 12.9. The van der Waals surface area contributed by atoms with E-state index in [1.165, 1.54) is 0 Å². The van der Waals surface area contributed by atoms with E-state index in [0.29, 0.717) is 37.7 Å². The van der Waals surface area contributed by atoms with E-state index < -0.39 is 0 Å². The first kappa shape index (κ1) is 18.7. The molecule has 2 aliphatic heterocycles. The Kier molecular flexibility index (Phi) is 4.74. The summed E-state index contributed by atoms with van der Waals surface area (Å²) < 4.78 is 13.5. The number of likely N-dealkylation sites (tertiary alicyclic amines) is 1. The number of amides is 2. The summed E-state index contributed by atoms with van der Waals surface area (Å²) in [5.41, 5.74) is 1.91. The van der Waals surface area contributed by atoms with Gasteiger partial charge >= 0.3 is 0 Å². The minimum Gasteiger partial charge on any atom is -0.459 e. The molecule has 0 bridgehead atoms. The Labute approximate surface area is 163 Å². The minimum absolute atomic E-state index is 0.0546. The van der Waals surface area contributed by atoms with Crippen LogP contribution in [0.15, 0.2) is 22.8 Å². The predicted molar refractivity (Wildman–Crippen MR) is 101 cm³/mol. The van der Waals surface area contributed by atoms with Gasteiger partial charge in [0, 0.05) is 25.7 Å². The van der Waals surface area contributed by atoms with Crippen LogP contribution in [0.25, 0.3) is 0 Å². The second-order valence-corrected chi connectivity index (χ2v) is 7.88. The number of ether oxygens (including phenoxy) is 1. The van der Waals surface area contributed by atoms with E-state index >= 15 is 0 Å². The number of furan rings is 1. The molecule has 0 saturated carbocycles. The van der Waals surface area contributed by atoms with Gasteiger partial charge in [0.1, 0.15) is 0 Å². The first-order valence-electron chi connectivity index (χ1n) is 9.72. The molecule has 0 aromatic carbocycles. The molecule has 4 heterocycles. The number of carbonyl (C=O) groups is 2. The minimum atomic E-state index is -0.347. The van der Waals surface area contributed by atoms with E-state index in [-0.39, 0.29) is 23.3 Å². The first-order chi connectivity index (χ1) is 13.4. The van der Waals surface area contributed by atoms with Crippen molar-refractivity contribution in [1.29, 1.82) is 0 Å². The lowest BCUT2D eigenvalue weighted by Gasteiger charge is -2.43. The molecule has 28 heavy (non-hydrogen) atoms. The van der Waals surface area contributed by atoms with Crippen LogP contribution in [-0.4, -0.2) is 52.2 Å². The third kappa shape index (κ3) is 3.22. The molecule has 1 spiro atoms. The maximum absolute atomic E-state index is 12.9. The third-order valence-corrected chi connectivity index (χ3v) is 5.76. The molecule has 2 aromatic rings. The molecule has 0 radical (unpaired) electrons. The summed E-state index contributed by atoms with van der Waals surface area (Å²) in [6, 6.07) is 3.64. The zero-order chi connectivity index (χ0) is 19.9. The number of piperidine rings is 1. The van der Waals surface area contributed by atoms with Crippen molar-refractivity contribution in [3.63, 3.8) is 0 Å². The number of hydrogen-bond donors (Lipinski definition) is 1. The lowest BCUT2D eigenvalue weighted by molar-refractivity contribution is -0.119. The van der Waals surface area contributed by atoms with Crippen molar-refractivity contribution in [2.75, 3.05) is 20.1 Å². The van der Waals surface area contributed by atoms with Gasteiger partial charge in [0.2, 0.25) is 0 Å². The number of nitrogens with one attached hydrogen (secondary N) is 1. The fourth-order valence-corrected chi connectivity index (χ4v) is 4.00. The molecule has 2 aromatic heterocycles. The lowest BCUT2D eigenvalue weighted by atomic mass is 9.89. The van der Waals surface area contributed by atoms with E-state index in [0.717, 1.165) is 24.1 Å². The molecule has 2 amide bonds. The van der Waals surface area contributed by atoms with Crippen LogP contribution in [0.1, 0.15) is 64.9 Å². The van der Waals surface area contributed by atoms with Gasteiger partial charge in [-0.25, -0.2) is 0 Å². The number of rotatable bonds is 3. The molecule has 150 valence electrons. The average Bonchev–Trinajstić information content (AvgIpc) is 3.34. The summed E-state index contributed by atoms with van der Waals surface area (Å²) in [7, 11) is 1.59. The van der Waals surface area contributed by atoms with Crippen LogP contribution < -0.4 is 5.32 Å². The largest absolute Gasteiger partial charge is 0.459 e. The smallest absolute Gasteiger partial charge is 0.289 e. The number of aromatic nitrogens is 2. The highest BCUT2D eigenvalue weighted by Crippen LogP contribution is 2.34. The van der Waals surface area contributed by atoms with Gasteiger partial charge in [-0.2, -0.15) is 5.10 Å². The van der Waals surface area contributed by atoms with E-state index in [4.69, 9.17) is 9.15 Å². The Morgan fingerprint density at radius 2 is 2.04 bits per heavy atom. The van der Waals surface area contributed by atoms with Gasteiger partial charge in [0.05, 0.1) is 30.7 Å². The van der Waals surface area contributed by atoms with Gasteiger partial charge in [-0.1, -0.05) is 13.8 Å². The quantitative estimate of drug-likeness (QED) is 0.873. The van der Waals surface area contributed by atoms with E-state index in [1.807, 2.05) is 15.6 Å². The van der Waals surface area contributed by atoms with Crippen LogP contribution in [0, 0.1) is 0 Å². The average molecular weight is 386 g/mol. The fraction of sp³-hybridized carbons (Fsp3) is 0.550. The summed E-state index contributed by atoms with van der Waals surface area (Å²) in [5.74, 6) is 0.431. The molecule has 2 aliphatic rings. The Bertz CT molecular complexity index is 890. The van der Waals surface area contributed by atoms with Crippen molar-refractivity contribution in [3.05, 3.63) is 41.1 Å². The number of fused-ring (bicyclic) bond motifs is 1. The molecule has 0 atom stereocenters. The number of nitrogens with zero attached hydrogens (tertiary/aromatic N) is 3. The van der Waals surface area contributed by atoms with Gasteiger partial charge in [-0.3, -0.25) is 14.3 Å². The van der Waals surface area contributed by atoms with Crippen LogP contribution in [-0.2, 0) is 17.9 Å². The number of hydrogen-bond acceptors (Lipinski definition) is 5. The molecule has 8 heteroatoms. The van der Waals surface area contributed by atoms with Crippen LogP contribution in [0.2, 0.25) is 0 Å². The first-order valence-corrected chi connectivity index (χ1v) is 9.72. The highest BCUT2D eigenvalue weighted by Gasteiger charge is 2.41. The summed E-state index contributed by atoms with van der Waals surface area (Å²) in [6.07, 6.45) is 3.04. The van der Waals surface area contributed by atoms with Gasteiger partial charge in [0.25, 0.3) is 11.8 Å². The van der Waals surface area contributed by atoms with Crippen molar-refractivity contribution >= 4 is 11.8 Å². The standard InChI is InChI=1S/C20H26N4O4/c1-13(2)15-4-9-27-17(15)19(26)23-7-5-20(6-8-23)12-24-14(11-28-20)10-16(22-24)18(25)21-3/h4,9-10,13H,5-8,11-12H2,1-3H3,(H,21,25). The van der Waals surface area contributed by atoms with Crippen LogP contribution >= 0.6 is 0 Å². The van der Waals surface area contributed by atoms with Crippen LogP contribution in [0.3, 0.4) is 0 Å². The van der Waals surface area contributed by atoms with E-state index in [9.17, 15) is 9.59 Å². The Morgan fingerprint density at radius 3 is 2.71 bits per heavy atom. The molecule has 1 N–H and O–H groups in total. The lowest BCUT2D eigenvalue weighted by Crippen LogP contribution is -2.52. The Balaban J connectivity index is 1.44. The molecule has 8 nitrogen and oxygen atoms in total. The normalized spacial score (nSPS) is 18.4. The van der Waals surface area contributed by atoms with Gasteiger partial charge in [-0.15, -0.1) is 0 Å². The van der Waals surface area contributed by atoms with Gasteiger partial charge in [0.15, 0.2) is 11.5 Å². The second kappa shape index (κ2) is 7.09. The highest BCUT2D eigenvalue weighted by molar-refractivity contribution is 5.93. The third-order valence-electron chi connectivity index (χ3n) is 5.76. The molecule has 0 unspecified atom stereocenters. The second-order valence-electron chi connectivity index (χ2n) is 7.88. The van der Waals surface area contributed by atoms with E-state index in [1.54, 1.807) is 19.4 Å². The molecule has 1 saturated heterocycles. The fourth-order valence-electron chi connectivity index (χ4n) is 4.00. The van der Waals surface area contributed by atoms with Gasteiger partial charge in [-0.05, 0) is 30.9 Å². The van der Waals surface area contributed by atoms with Crippen molar-refractivity contribution < 1.29 is 18.7 Å². The van der Waals surface area contributed by atoms with Crippen molar-refractivity contribution in [2.24, 2.45) is 0 Å². The molecular formula is C20H26N4O4. The van der Waals surface area contributed by atoms with Gasteiger partial charge < -0.3 is 19.4 Å². The van der Waals surface area contributed by atoms with E-state index in [2.05, 4.69) is 24.3 Å². The number of carbonyl (C=O) groups excluding carboxylic acids is 2. The summed E-state index contributed by atoms with van der Waals surface area (Å²) in [4.78, 5) is 26.6.